The number of nitrogens with one attached hydrogen (secondary N) is 1. The molecule has 1 amide bonds. The van der Waals surface area contributed by atoms with Crippen LogP contribution in [0.5, 0.6) is 11.5 Å². The van der Waals surface area contributed by atoms with Crippen LogP contribution in [-0.2, 0) is 16.8 Å². The molecular formula is C20H27N3O4. The standard InChI is InChI=1S/C20H27N3O4/c1-14-21-19(23-27-14)20(11-5-4-6-12-20)22-18(24)10-7-15-13-16(25-2)8-9-17(15)26-3/h8-9,13H,4-7,10-12H2,1-3H3,(H,22,24). The van der Waals surface area contributed by atoms with Crippen molar-refractivity contribution in [2.45, 2.75) is 57.4 Å². The van der Waals surface area contributed by atoms with Crippen molar-refractivity contribution in [3.8, 4) is 11.5 Å². The second-order valence-electron chi connectivity index (χ2n) is 7.01. The summed E-state index contributed by atoms with van der Waals surface area (Å²) in [5.74, 6) is 2.59. The predicted molar refractivity (Wildman–Crippen MR) is 99.8 cm³/mol. The summed E-state index contributed by atoms with van der Waals surface area (Å²) in [6.45, 7) is 1.77. The summed E-state index contributed by atoms with van der Waals surface area (Å²) < 4.78 is 15.8. The van der Waals surface area contributed by atoms with E-state index in [0.29, 0.717) is 24.6 Å². The lowest BCUT2D eigenvalue weighted by atomic mass is 9.80. The first-order chi connectivity index (χ1) is 13.1. The monoisotopic (exact) mass is 373 g/mol. The minimum Gasteiger partial charge on any atom is -0.497 e. The summed E-state index contributed by atoms with van der Waals surface area (Å²) in [5, 5.41) is 7.30. The summed E-state index contributed by atoms with van der Waals surface area (Å²) in [7, 11) is 3.25. The molecule has 0 atom stereocenters. The molecule has 1 fully saturated rings. The van der Waals surface area contributed by atoms with Crippen LogP contribution in [0, 0.1) is 6.92 Å². The van der Waals surface area contributed by atoms with E-state index in [1.165, 1.54) is 0 Å². The number of hydrogen-bond acceptors (Lipinski definition) is 6. The third kappa shape index (κ3) is 4.40. The molecule has 27 heavy (non-hydrogen) atoms. The fraction of sp³-hybridized carbons (Fsp3) is 0.550. The van der Waals surface area contributed by atoms with Crippen molar-refractivity contribution in [3.05, 3.63) is 35.5 Å². The normalized spacial score (nSPS) is 16.0. The molecule has 0 aliphatic heterocycles. The van der Waals surface area contributed by atoms with E-state index >= 15 is 0 Å². The van der Waals surface area contributed by atoms with E-state index in [0.717, 1.165) is 49.2 Å². The first-order valence-corrected chi connectivity index (χ1v) is 9.39. The maximum absolute atomic E-state index is 12.8. The smallest absolute Gasteiger partial charge is 0.223 e. The van der Waals surface area contributed by atoms with Gasteiger partial charge < -0.3 is 19.3 Å². The maximum atomic E-state index is 12.8. The van der Waals surface area contributed by atoms with Crippen LogP contribution in [0.2, 0.25) is 0 Å². The molecule has 1 aliphatic carbocycles. The van der Waals surface area contributed by atoms with Crippen molar-refractivity contribution in [2.75, 3.05) is 14.2 Å². The zero-order valence-corrected chi connectivity index (χ0v) is 16.2. The van der Waals surface area contributed by atoms with E-state index in [1.807, 2.05) is 18.2 Å². The molecule has 1 aromatic heterocycles. The molecule has 7 nitrogen and oxygen atoms in total. The number of methoxy groups -OCH3 is 2. The average molecular weight is 373 g/mol. The molecule has 1 N–H and O–H groups in total. The van der Waals surface area contributed by atoms with Crippen LogP contribution in [-0.4, -0.2) is 30.3 Å². The molecule has 2 aromatic rings. The third-order valence-corrected chi connectivity index (χ3v) is 5.15. The molecule has 0 spiro atoms. The van der Waals surface area contributed by atoms with E-state index in [-0.39, 0.29) is 5.91 Å². The highest BCUT2D eigenvalue weighted by atomic mass is 16.5. The number of benzene rings is 1. The molecule has 7 heteroatoms. The Morgan fingerprint density at radius 2 is 2.00 bits per heavy atom. The van der Waals surface area contributed by atoms with E-state index in [1.54, 1.807) is 21.1 Å². The van der Waals surface area contributed by atoms with Crippen LogP contribution in [0.3, 0.4) is 0 Å². The summed E-state index contributed by atoms with van der Waals surface area (Å²) in [4.78, 5) is 17.2. The number of nitrogens with zero attached hydrogens (tertiary/aromatic N) is 2. The van der Waals surface area contributed by atoms with Gasteiger partial charge in [-0.05, 0) is 43.0 Å². The van der Waals surface area contributed by atoms with Gasteiger partial charge >= 0.3 is 0 Å². The van der Waals surface area contributed by atoms with Crippen molar-refractivity contribution in [3.63, 3.8) is 0 Å². The van der Waals surface area contributed by atoms with Gasteiger partial charge in [-0.2, -0.15) is 4.98 Å². The summed E-state index contributed by atoms with van der Waals surface area (Å²) in [6, 6.07) is 5.61. The quantitative estimate of drug-likeness (QED) is 0.801. The molecule has 1 saturated carbocycles. The first kappa shape index (κ1) is 19.2. The molecule has 1 heterocycles. The van der Waals surface area contributed by atoms with Gasteiger partial charge in [0.25, 0.3) is 0 Å². The predicted octanol–water partition coefficient (Wildman–Crippen LogP) is 3.30. The van der Waals surface area contributed by atoms with Crippen molar-refractivity contribution in [1.82, 2.24) is 15.5 Å². The van der Waals surface area contributed by atoms with Crippen molar-refractivity contribution in [1.29, 1.82) is 0 Å². The zero-order valence-electron chi connectivity index (χ0n) is 16.2. The van der Waals surface area contributed by atoms with Crippen LogP contribution in [0.1, 0.15) is 55.8 Å². The van der Waals surface area contributed by atoms with Gasteiger partial charge in [0.1, 0.15) is 17.0 Å². The molecule has 0 saturated heterocycles. The number of aromatic nitrogens is 2. The van der Waals surface area contributed by atoms with Gasteiger partial charge in [0, 0.05) is 13.3 Å². The lowest BCUT2D eigenvalue weighted by Gasteiger charge is -2.35. The minimum absolute atomic E-state index is 0.0239. The second kappa shape index (κ2) is 8.41. The van der Waals surface area contributed by atoms with Gasteiger partial charge in [-0.15, -0.1) is 0 Å². The van der Waals surface area contributed by atoms with Gasteiger partial charge in [0.2, 0.25) is 11.8 Å². The van der Waals surface area contributed by atoms with Gasteiger partial charge in [0.05, 0.1) is 14.2 Å². The highest BCUT2D eigenvalue weighted by Crippen LogP contribution is 2.36. The largest absolute Gasteiger partial charge is 0.497 e. The first-order valence-electron chi connectivity index (χ1n) is 9.39. The number of rotatable bonds is 7. The lowest BCUT2D eigenvalue weighted by molar-refractivity contribution is -0.123. The third-order valence-electron chi connectivity index (χ3n) is 5.15. The highest BCUT2D eigenvalue weighted by Gasteiger charge is 2.39. The summed E-state index contributed by atoms with van der Waals surface area (Å²) in [6.07, 6.45) is 5.82. The topological polar surface area (TPSA) is 86.5 Å². The van der Waals surface area contributed by atoms with Gasteiger partial charge in [0.15, 0.2) is 5.82 Å². The van der Waals surface area contributed by atoms with Gasteiger partial charge in [-0.3, -0.25) is 4.79 Å². The Balaban J connectivity index is 1.70. The fourth-order valence-corrected chi connectivity index (χ4v) is 3.71. The Morgan fingerprint density at radius 1 is 1.22 bits per heavy atom. The van der Waals surface area contributed by atoms with E-state index in [2.05, 4.69) is 15.5 Å². The summed E-state index contributed by atoms with van der Waals surface area (Å²) >= 11 is 0. The van der Waals surface area contributed by atoms with Crippen LogP contribution >= 0.6 is 0 Å². The molecule has 146 valence electrons. The second-order valence-corrected chi connectivity index (χ2v) is 7.01. The van der Waals surface area contributed by atoms with E-state index < -0.39 is 5.54 Å². The van der Waals surface area contributed by atoms with E-state index in [4.69, 9.17) is 14.0 Å². The Labute approximate surface area is 159 Å². The molecule has 0 bridgehead atoms. The number of ether oxygens (including phenoxy) is 2. The van der Waals surface area contributed by atoms with Gasteiger partial charge in [-0.1, -0.05) is 24.4 Å². The van der Waals surface area contributed by atoms with Crippen LogP contribution in [0.15, 0.2) is 22.7 Å². The Bertz CT molecular complexity index is 781. The molecule has 0 unspecified atom stereocenters. The number of carbonyl (C=O) groups excluding carboxylic acids is 1. The Kier molecular flexibility index (Phi) is 5.98. The zero-order chi connectivity index (χ0) is 19.3. The number of aryl methyl sites for hydroxylation is 2. The van der Waals surface area contributed by atoms with E-state index in [9.17, 15) is 4.79 Å². The minimum atomic E-state index is -0.522. The number of amides is 1. The SMILES string of the molecule is COc1ccc(OC)c(CCC(=O)NC2(c3noc(C)n3)CCCCC2)c1. The van der Waals surface area contributed by atoms with Gasteiger partial charge in [-0.25, -0.2) is 0 Å². The number of carbonyl (C=O) groups is 1. The Morgan fingerprint density at radius 3 is 2.63 bits per heavy atom. The lowest BCUT2D eigenvalue weighted by Crippen LogP contribution is -2.48. The number of hydrogen-bond donors (Lipinski definition) is 1. The van der Waals surface area contributed by atoms with Crippen molar-refractivity contribution >= 4 is 5.91 Å². The van der Waals surface area contributed by atoms with Crippen molar-refractivity contribution < 1.29 is 18.8 Å². The fourth-order valence-electron chi connectivity index (χ4n) is 3.71. The molecule has 1 aliphatic rings. The van der Waals surface area contributed by atoms with Crippen LogP contribution < -0.4 is 14.8 Å². The van der Waals surface area contributed by atoms with Crippen molar-refractivity contribution in [2.24, 2.45) is 0 Å². The summed E-state index contributed by atoms with van der Waals surface area (Å²) in [5.41, 5.74) is 0.422. The average Bonchev–Trinajstić information content (AvgIpc) is 3.14. The molecule has 1 aromatic carbocycles. The maximum Gasteiger partial charge on any atom is 0.223 e. The molecular weight excluding hydrogens is 346 g/mol. The highest BCUT2D eigenvalue weighted by molar-refractivity contribution is 5.77. The molecule has 3 rings (SSSR count). The molecule has 0 radical (unpaired) electrons. The van der Waals surface area contributed by atoms with Crippen LogP contribution in [0.4, 0.5) is 0 Å². The van der Waals surface area contributed by atoms with Crippen LogP contribution in [0.25, 0.3) is 0 Å². The Hall–Kier alpha value is -2.57.